The fourth-order valence-corrected chi connectivity index (χ4v) is 0.746. The minimum Gasteiger partial charge on any atom is -0.332 e. The van der Waals surface area contributed by atoms with Gasteiger partial charge in [-0.2, -0.15) is 20.4 Å². The summed E-state index contributed by atoms with van der Waals surface area (Å²) in [5.41, 5.74) is 5.80. The third-order valence-electron chi connectivity index (χ3n) is 1.28. The van der Waals surface area contributed by atoms with E-state index in [4.69, 9.17) is 10.3 Å². The molecule has 0 saturated carbocycles. The van der Waals surface area contributed by atoms with Crippen molar-refractivity contribution in [3.05, 3.63) is 12.0 Å². The normalized spacial score (nSPS) is 10.4. The van der Waals surface area contributed by atoms with Crippen LogP contribution >= 0.6 is 0 Å². The summed E-state index contributed by atoms with van der Waals surface area (Å²) in [6, 6.07) is 0. The molecule has 0 atom stereocenters. The Morgan fingerprint density at radius 2 is 2.50 bits per heavy atom. The van der Waals surface area contributed by atoms with E-state index in [0.717, 1.165) is 0 Å². The van der Waals surface area contributed by atoms with Crippen LogP contribution in [0.15, 0.2) is 10.7 Å². The molecule has 7 nitrogen and oxygen atoms in total. The van der Waals surface area contributed by atoms with E-state index in [2.05, 4.69) is 25.6 Å². The van der Waals surface area contributed by atoms with Crippen molar-refractivity contribution in [1.82, 2.24) is 25.6 Å². The summed E-state index contributed by atoms with van der Waals surface area (Å²) in [4.78, 5) is 3.95. The molecular formula is C5H6N6O. The smallest absolute Gasteiger partial charge is 0.280 e. The molecule has 3 N–H and O–H groups in total. The molecule has 2 heterocycles. The predicted octanol–water partition coefficient (Wildman–Crippen LogP) is -0.687. The Hall–Kier alpha value is -1.76. The summed E-state index contributed by atoms with van der Waals surface area (Å²) in [6.45, 7) is 0.251. The van der Waals surface area contributed by atoms with E-state index in [0.29, 0.717) is 17.4 Å². The highest BCUT2D eigenvalue weighted by Gasteiger charge is 2.09. The zero-order valence-corrected chi connectivity index (χ0v) is 6.06. The first kappa shape index (κ1) is 6.92. The summed E-state index contributed by atoms with van der Waals surface area (Å²) in [5.74, 6) is 0.775. The van der Waals surface area contributed by atoms with E-state index in [1.165, 1.54) is 6.20 Å². The van der Waals surface area contributed by atoms with Crippen LogP contribution in [-0.4, -0.2) is 25.6 Å². The second-order valence-electron chi connectivity index (χ2n) is 2.08. The molecular weight excluding hydrogens is 160 g/mol. The average Bonchev–Trinajstić information content (AvgIpc) is 2.75. The van der Waals surface area contributed by atoms with Gasteiger partial charge in [-0.25, -0.2) is 0 Å². The van der Waals surface area contributed by atoms with Crippen LogP contribution in [0, 0.1) is 0 Å². The first-order chi connectivity index (χ1) is 5.90. The molecule has 0 aliphatic carbocycles. The molecule has 0 radical (unpaired) electrons. The van der Waals surface area contributed by atoms with Gasteiger partial charge >= 0.3 is 0 Å². The van der Waals surface area contributed by atoms with E-state index in [1.54, 1.807) is 0 Å². The number of H-pyrrole nitrogens is 1. The highest BCUT2D eigenvalue weighted by atomic mass is 16.5. The predicted molar refractivity (Wildman–Crippen MR) is 37.6 cm³/mol. The summed E-state index contributed by atoms with van der Waals surface area (Å²) >= 11 is 0. The maximum atomic E-state index is 5.29. The van der Waals surface area contributed by atoms with E-state index in [-0.39, 0.29) is 6.54 Å². The largest absolute Gasteiger partial charge is 0.332 e. The second-order valence-corrected chi connectivity index (χ2v) is 2.08. The third-order valence-corrected chi connectivity index (χ3v) is 1.28. The number of aromatic nitrogens is 5. The van der Waals surface area contributed by atoms with E-state index < -0.39 is 0 Å². The molecule has 2 aromatic rings. The average molecular weight is 166 g/mol. The number of nitrogens with two attached hydrogens (primary N) is 1. The quantitative estimate of drug-likeness (QED) is 0.611. The van der Waals surface area contributed by atoms with Crippen molar-refractivity contribution in [1.29, 1.82) is 0 Å². The van der Waals surface area contributed by atoms with E-state index in [9.17, 15) is 0 Å². The molecule has 0 aliphatic heterocycles. The number of aromatic amines is 1. The van der Waals surface area contributed by atoms with Crippen molar-refractivity contribution in [2.75, 3.05) is 0 Å². The Labute approximate surface area is 67.0 Å². The van der Waals surface area contributed by atoms with Crippen LogP contribution in [0.4, 0.5) is 0 Å². The molecule has 0 aromatic carbocycles. The first-order valence-corrected chi connectivity index (χ1v) is 3.29. The Bertz CT molecular complexity index is 352. The topological polar surface area (TPSA) is 107 Å². The molecule has 62 valence electrons. The molecule has 2 aromatic heterocycles. The number of nitrogens with zero attached hydrogens (tertiary/aromatic N) is 4. The third kappa shape index (κ3) is 1.05. The van der Waals surface area contributed by atoms with Gasteiger partial charge in [0.15, 0.2) is 11.5 Å². The Balaban J connectivity index is 2.35. The van der Waals surface area contributed by atoms with Gasteiger partial charge in [-0.3, -0.25) is 0 Å². The Kier molecular flexibility index (Phi) is 1.56. The zero-order chi connectivity index (χ0) is 8.39. The van der Waals surface area contributed by atoms with Gasteiger partial charge in [0, 0.05) is 0 Å². The number of hydrogen-bond donors (Lipinski definition) is 2. The Morgan fingerprint density at radius 1 is 1.58 bits per heavy atom. The highest BCUT2D eigenvalue weighted by Crippen LogP contribution is 2.10. The van der Waals surface area contributed by atoms with Gasteiger partial charge in [-0.05, 0) is 0 Å². The van der Waals surface area contributed by atoms with E-state index >= 15 is 0 Å². The molecule has 0 amide bonds. The monoisotopic (exact) mass is 166 g/mol. The maximum Gasteiger partial charge on any atom is 0.280 e. The SMILES string of the molecule is NCc1noc(-c2cn[nH]n2)n1. The fourth-order valence-electron chi connectivity index (χ4n) is 0.746. The molecule has 2 rings (SSSR count). The lowest BCUT2D eigenvalue weighted by Gasteiger charge is -1.79. The van der Waals surface area contributed by atoms with Gasteiger partial charge in [0.2, 0.25) is 0 Å². The highest BCUT2D eigenvalue weighted by molar-refractivity contribution is 5.42. The lowest BCUT2D eigenvalue weighted by atomic mass is 10.5. The second kappa shape index (κ2) is 2.70. The van der Waals surface area contributed by atoms with Gasteiger partial charge in [0.1, 0.15) is 0 Å². The Morgan fingerprint density at radius 3 is 3.08 bits per heavy atom. The standard InChI is InChI=1S/C5H6N6O/c6-1-4-8-5(12-10-4)3-2-7-11-9-3/h2H,1,6H2,(H,7,9,11). The summed E-state index contributed by atoms with van der Waals surface area (Å²) in [6.07, 6.45) is 1.49. The number of hydrogen-bond acceptors (Lipinski definition) is 6. The van der Waals surface area contributed by atoms with Crippen LogP contribution in [0.25, 0.3) is 11.6 Å². The molecule has 0 saturated heterocycles. The lowest BCUT2D eigenvalue weighted by molar-refractivity contribution is 0.421. The maximum absolute atomic E-state index is 5.29. The molecule has 0 fully saturated rings. The summed E-state index contributed by atoms with van der Waals surface area (Å²) < 4.78 is 4.84. The number of nitrogens with one attached hydrogen (secondary N) is 1. The van der Waals surface area contributed by atoms with Crippen LogP contribution in [0.5, 0.6) is 0 Å². The summed E-state index contributed by atoms with van der Waals surface area (Å²) in [7, 11) is 0. The van der Waals surface area contributed by atoms with E-state index in [1.807, 2.05) is 0 Å². The molecule has 0 bridgehead atoms. The molecule has 7 heteroatoms. The summed E-state index contributed by atoms with van der Waals surface area (Å²) in [5, 5.41) is 13.4. The zero-order valence-electron chi connectivity index (χ0n) is 6.06. The van der Waals surface area contributed by atoms with Crippen molar-refractivity contribution in [2.45, 2.75) is 6.54 Å². The van der Waals surface area contributed by atoms with Crippen LogP contribution in [0.1, 0.15) is 5.82 Å². The van der Waals surface area contributed by atoms with Gasteiger partial charge in [-0.1, -0.05) is 5.16 Å². The van der Waals surface area contributed by atoms with Crippen LogP contribution < -0.4 is 5.73 Å². The molecule has 12 heavy (non-hydrogen) atoms. The molecule has 0 spiro atoms. The fraction of sp³-hybridized carbons (Fsp3) is 0.200. The van der Waals surface area contributed by atoms with Crippen LogP contribution in [0.3, 0.4) is 0 Å². The van der Waals surface area contributed by atoms with Crippen LogP contribution in [-0.2, 0) is 6.54 Å². The molecule has 0 unspecified atom stereocenters. The minimum absolute atomic E-state index is 0.251. The van der Waals surface area contributed by atoms with Gasteiger partial charge in [0.25, 0.3) is 5.89 Å². The van der Waals surface area contributed by atoms with Crippen molar-refractivity contribution < 1.29 is 4.52 Å². The van der Waals surface area contributed by atoms with Gasteiger partial charge < -0.3 is 10.3 Å². The minimum atomic E-state index is 0.251. The van der Waals surface area contributed by atoms with Crippen molar-refractivity contribution in [2.24, 2.45) is 5.73 Å². The van der Waals surface area contributed by atoms with Gasteiger partial charge in [-0.15, -0.1) is 0 Å². The molecule has 0 aliphatic rings. The first-order valence-electron chi connectivity index (χ1n) is 3.29. The van der Waals surface area contributed by atoms with Crippen molar-refractivity contribution >= 4 is 0 Å². The lowest BCUT2D eigenvalue weighted by Crippen LogP contribution is -1.97. The van der Waals surface area contributed by atoms with Crippen molar-refractivity contribution in [3.63, 3.8) is 0 Å². The number of rotatable bonds is 2. The van der Waals surface area contributed by atoms with Crippen molar-refractivity contribution in [3.8, 4) is 11.6 Å². The van der Waals surface area contributed by atoms with Crippen LogP contribution in [0.2, 0.25) is 0 Å². The van der Waals surface area contributed by atoms with Gasteiger partial charge in [0.05, 0.1) is 12.7 Å².